The highest BCUT2D eigenvalue weighted by Crippen LogP contribution is 2.45. The maximum Gasteiger partial charge on any atom is 0.164 e. The number of carbonyl (C=O) groups is 1. The molecule has 1 saturated carbocycles. The molecule has 2 rings (SSSR count). The molecule has 0 aromatic heterocycles. The zero-order valence-corrected chi connectivity index (χ0v) is 9.27. The lowest BCUT2D eigenvalue weighted by Gasteiger charge is -2.39. The zero-order valence-electron chi connectivity index (χ0n) is 9.27. The first kappa shape index (κ1) is 10.2. The smallest absolute Gasteiger partial charge is 0.164 e. The van der Waals surface area contributed by atoms with E-state index in [1.54, 1.807) is 0 Å². The Bertz CT molecular complexity index is 235. The van der Waals surface area contributed by atoms with Crippen LogP contribution < -0.4 is 0 Å². The molecule has 0 aromatic rings. The fourth-order valence-corrected chi connectivity index (χ4v) is 2.53. The van der Waals surface area contributed by atoms with Crippen LogP contribution in [0, 0.1) is 5.41 Å². The predicted octanol–water partition coefficient (Wildman–Crippen LogP) is 2.70. The highest BCUT2D eigenvalue weighted by molar-refractivity contribution is 5.87. The van der Waals surface area contributed by atoms with E-state index in [4.69, 9.17) is 4.74 Å². The van der Waals surface area contributed by atoms with Gasteiger partial charge in [-0.15, -0.1) is 0 Å². The van der Waals surface area contributed by atoms with Crippen molar-refractivity contribution in [3.05, 3.63) is 0 Å². The van der Waals surface area contributed by atoms with Crippen LogP contribution in [0.1, 0.15) is 52.4 Å². The van der Waals surface area contributed by atoms with Gasteiger partial charge in [0.15, 0.2) is 5.78 Å². The Morgan fingerprint density at radius 1 is 1.21 bits per heavy atom. The van der Waals surface area contributed by atoms with Crippen molar-refractivity contribution in [3.63, 3.8) is 0 Å². The van der Waals surface area contributed by atoms with Crippen molar-refractivity contribution in [2.45, 2.75) is 58.0 Å². The molecule has 0 radical (unpaired) electrons. The molecule has 0 bridgehead atoms. The average Bonchev–Trinajstić information content (AvgIpc) is 2.51. The second-order valence-electron chi connectivity index (χ2n) is 5.45. The van der Waals surface area contributed by atoms with Crippen LogP contribution in [0.2, 0.25) is 0 Å². The fourth-order valence-electron chi connectivity index (χ4n) is 2.53. The molecule has 0 spiro atoms. The molecule has 1 unspecified atom stereocenters. The van der Waals surface area contributed by atoms with Gasteiger partial charge in [0.05, 0.1) is 0 Å². The molecule has 0 amide bonds. The first-order valence-electron chi connectivity index (χ1n) is 5.71. The molecule has 1 atom stereocenters. The second-order valence-corrected chi connectivity index (χ2v) is 5.45. The number of hydrogen-bond donors (Lipinski definition) is 0. The second kappa shape index (κ2) is 3.34. The summed E-state index contributed by atoms with van der Waals surface area (Å²) in [4.78, 5) is 12.1. The molecule has 1 heterocycles. The van der Waals surface area contributed by atoms with Gasteiger partial charge in [0.2, 0.25) is 0 Å². The first-order chi connectivity index (χ1) is 6.54. The standard InChI is InChI=1S/C12H20O2/c1-11(5-3-6-11)9-10(13)12(2)7-4-8-14-12/h3-9H2,1-2H3. The summed E-state index contributed by atoms with van der Waals surface area (Å²) in [7, 11) is 0. The minimum absolute atomic E-state index is 0.298. The van der Waals surface area contributed by atoms with Crippen LogP contribution >= 0.6 is 0 Å². The Morgan fingerprint density at radius 3 is 2.36 bits per heavy atom. The van der Waals surface area contributed by atoms with E-state index in [-0.39, 0.29) is 0 Å². The van der Waals surface area contributed by atoms with Crippen LogP contribution in [-0.2, 0) is 9.53 Å². The monoisotopic (exact) mass is 196 g/mol. The molecule has 1 aliphatic heterocycles. The van der Waals surface area contributed by atoms with Gasteiger partial charge in [-0.05, 0) is 38.0 Å². The molecule has 1 aliphatic carbocycles. The van der Waals surface area contributed by atoms with E-state index in [2.05, 4.69) is 6.92 Å². The topological polar surface area (TPSA) is 26.3 Å². The van der Waals surface area contributed by atoms with Crippen molar-refractivity contribution >= 4 is 5.78 Å². The lowest BCUT2D eigenvalue weighted by molar-refractivity contribution is -0.140. The van der Waals surface area contributed by atoms with Crippen molar-refractivity contribution in [2.24, 2.45) is 5.41 Å². The van der Waals surface area contributed by atoms with Crippen LogP contribution in [-0.4, -0.2) is 18.0 Å². The van der Waals surface area contributed by atoms with Gasteiger partial charge in [-0.3, -0.25) is 4.79 Å². The third kappa shape index (κ3) is 1.72. The van der Waals surface area contributed by atoms with Crippen LogP contribution in [0.3, 0.4) is 0 Å². The Balaban J connectivity index is 1.94. The molecule has 2 aliphatic rings. The summed E-state index contributed by atoms with van der Waals surface area (Å²) in [5, 5.41) is 0. The molecule has 1 saturated heterocycles. The van der Waals surface area contributed by atoms with E-state index in [1.807, 2.05) is 6.92 Å². The number of rotatable bonds is 3. The van der Waals surface area contributed by atoms with Gasteiger partial charge >= 0.3 is 0 Å². The Hall–Kier alpha value is -0.370. The van der Waals surface area contributed by atoms with Crippen molar-refractivity contribution in [2.75, 3.05) is 6.61 Å². The normalized spacial score (nSPS) is 35.3. The summed E-state index contributed by atoms with van der Waals surface area (Å²) in [6.45, 7) is 4.95. The summed E-state index contributed by atoms with van der Waals surface area (Å²) < 4.78 is 5.57. The molecule has 2 nitrogen and oxygen atoms in total. The van der Waals surface area contributed by atoms with Gasteiger partial charge < -0.3 is 4.74 Å². The van der Waals surface area contributed by atoms with Gasteiger partial charge in [-0.1, -0.05) is 13.3 Å². The van der Waals surface area contributed by atoms with E-state index < -0.39 is 5.60 Å². The summed E-state index contributed by atoms with van der Waals surface area (Å²) in [6.07, 6.45) is 6.41. The summed E-state index contributed by atoms with van der Waals surface area (Å²) in [5.74, 6) is 0.331. The summed E-state index contributed by atoms with van der Waals surface area (Å²) >= 11 is 0. The van der Waals surface area contributed by atoms with Crippen LogP contribution in [0.4, 0.5) is 0 Å². The molecule has 0 N–H and O–H groups in total. The Labute approximate surface area is 86.0 Å². The third-order valence-corrected chi connectivity index (χ3v) is 3.96. The number of Topliss-reactive ketones (excluding diaryl/α,β-unsaturated/α-hetero) is 1. The van der Waals surface area contributed by atoms with Crippen molar-refractivity contribution in [1.82, 2.24) is 0 Å². The van der Waals surface area contributed by atoms with Crippen LogP contribution in [0.15, 0.2) is 0 Å². The highest BCUT2D eigenvalue weighted by atomic mass is 16.5. The zero-order chi connectivity index (χ0) is 10.2. The number of ether oxygens (including phenoxy) is 1. The lowest BCUT2D eigenvalue weighted by Crippen LogP contribution is -2.39. The van der Waals surface area contributed by atoms with Crippen LogP contribution in [0.25, 0.3) is 0 Å². The van der Waals surface area contributed by atoms with Gasteiger partial charge in [0, 0.05) is 13.0 Å². The lowest BCUT2D eigenvalue weighted by atomic mass is 9.66. The third-order valence-electron chi connectivity index (χ3n) is 3.96. The summed E-state index contributed by atoms with van der Waals surface area (Å²) in [6, 6.07) is 0. The Morgan fingerprint density at radius 2 is 1.93 bits per heavy atom. The number of ketones is 1. The first-order valence-corrected chi connectivity index (χ1v) is 5.71. The maximum atomic E-state index is 12.1. The largest absolute Gasteiger partial charge is 0.368 e. The number of hydrogen-bond acceptors (Lipinski definition) is 2. The fraction of sp³-hybridized carbons (Fsp3) is 0.917. The molecule has 80 valence electrons. The van der Waals surface area contributed by atoms with E-state index in [9.17, 15) is 4.79 Å². The minimum atomic E-state index is -0.446. The molecule has 0 aromatic carbocycles. The van der Waals surface area contributed by atoms with E-state index in [0.29, 0.717) is 11.2 Å². The SMILES string of the molecule is CC1(CC(=O)C2(C)CCCO2)CCC1. The molecular weight excluding hydrogens is 176 g/mol. The molecule has 14 heavy (non-hydrogen) atoms. The summed E-state index contributed by atoms with van der Waals surface area (Å²) in [5.41, 5.74) is -0.148. The van der Waals surface area contributed by atoms with Gasteiger partial charge in [0.1, 0.15) is 5.60 Å². The van der Waals surface area contributed by atoms with Gasteiger partial charge in [-0.2, -0.15) is 0 Å². The predicted molar refractivity (Wildman–Crippen MR) is 55.2 cm³/mol. The van der Waals surface area contributed by atoms with Gasteiger partial charge in [-0.25, -0.2) is 0 Å². The maximum absolute atomic E-state index is 12.1. The van der Waals surface area contributed by atoms with E-state index in [1.165, 1.54) is 19.3 Å². The van der Waals surface area contributed by atoms with Gasteiger partial charge in [0.25, 0.3) is 0 Å². The Kier molecular flexibility index (Phi) is 2.42. The highest BCUT2D eigenvalue weighted by Gasteiger charge is 2.42. The number of carbonyl (C=O) groups excluding carboxylic acids is 1. The van der Waals surface area contributed by atoms with E-state index in [0.717, 1.165) is 25.9 Å². The van der Waals surface area contributed by atoms with Crippen molar-refractivity contribution in [1.29, 1.82) is 0 Å². The molecular formula is C12H20O2. The molecule has 2 heteroatoms. The minimum Gasteiger partial charge on any atom is -0.368 e. The van der Waals surface area contributed by atoms with E-state index >= 15 is 0 Å². The van der Waals surface area contributed by atoms with Crippen LogP contribution in [0.5, 0.6) is 0 Å². The average molecular weight is 196 g/mol. The van der Waals surface area contributed by atoms with Crippen molar-refractivity contribution < 1.29 is 9.53 Å². The molecule has 2 fully saturated rings. The van der Waals surface area contributed by atoms with Crippen molar-refractivity contribution in [3.8, 4) is 0 Å². The quantitative estimate of drug-likeness (QED) is 0.693.